The smallest absolute Gasteiger partial charge is 0.251 e. The molecule has 0 spiro atoms. The van der Waals surface area contributed by atoms with Crippen LogP contribution in [0.25, 0.3) is 11.5 Å². The van der Waals surface area contributed by atoms with Crippen LogP contribution in [0.3, 0.4) is 0 Å². The molecule has 2 aliphatic rings. The molecule has 25 heavy (non-hydrogen) atoms. The van der Waals surface area contributed by atoms with Gasteiger partial charge in [-0.2, -0.15) is 0 Å². The van der Waals surface area contributed by atoms with E-state index < -0.39 is 0 Å². The molecule has 1 atom stereocenters. The first kappa shape index (κ1) is 16.2. The van der Waals surface area contributed by atoms with Crippen LogP contribution in [-0.4, -0.2) is 59.4 Å². The molecule has 1 saturated heterocycles. The molecule has 0 bridgehead atoms. The minimum Gasteiger partial charge on any atom is -0.421 e. The fraction of sp³-hybridized carbons (Fsp3) is 0.500. The topological polar surface area (TPSA) is 80.5 Å². The Morgan fingerprint density at radius 3 is 3.00 bits per heavy atom. The maximum absolute atomic E-state index is 12.5. The van der Waals surface area contributed by atoms with Crippen molar-refractivity contribution in [3.8, 4) is 11.5 Å². The van der Waals surface area contributed by atoms with E-state index in [2.05, 4.69) is 20.4 Å². The number of ether oxygens (including phenoxy) is 1. The second kappa shape index (κ2) is 6.93. The van der Waals surface area contributed by atoms with E-state index in [0.717, 1.165) is 31.3 Å². The third kappa shape index (κ3) is 3.88. The summed E-state index contributed by atoms with van der Waals surface area (Å²) in [6.07, 6.45) is 2.64. The summed E-state index contributed by atoms with van der Waals surface area (Å²) >= 11 is 0. The van der Waals surface area contributed by atoms with Gasteiger partial charge in [0.2, 0.25) is 11.8 Å². The van der Waals surface area contributed by atoms with E-state index in [1.54, 1.807) is 19.1 Å². The van der Waals surface area contributed by atoms with E-state index in [1.165, 1.54) is 12.8 Å². The van der Waals surface area contributed by atoms with E-state index in [1.807, 2.05) is 12.1 Å². The Morgan fingerprint density at radius 1 is 1.36 bits per heavy atom. The number of benzene rings is 1. The van der Waals surface area contributed by atoms with Gasteiger partial charge in [-0.25, -0.2) is 0 Å². The molecule has 1 aromatic carbocycles. The molecule has 0 radical (unpaired) electrons. The Kier molecular flexibility index (Phi) is 4.50. The summed E-state index contributed by atoms with van der Waals surface area (Å²) in [6.45, 7) is 4.89. The molecule has 2 aromatic rings. The first-order valence-corrected chi connectivity index (χ1v) is 8.73. The predicted molar refractivity (Wildman–Crippen MR) is 91.1 cm³/mol. The Balaban J connectivity index is 1.36. The number of aromatic nitrogens is 2. The highest BCUT2D eigenvalue weighted by molar-refractivity contribution is 5.95. The highest BCUT2D eigenvalue weighted by Crippen LogP contribution is 2.28. The lowest BCUT2D eigenvalue weighted by molar-refractivity contribution is -0.0293. The van der Waals surface area contributed by atoms with Crippen molar-refractivity contribution in [1.29, 1.82) is 0 Å². The van der Waals surface area contributed by atoms with E-state index >= 15 is 0 Å². The average Bonchev–Trinajstić information content (AvgIpc) is 3.41. The predicted octanol–water partition coefficient (Wildman–Crippen LogP) is 1.64. The van der Waals surface area contributed by atoms with Crippen molar-refractivity contribution in [3.63, 3.8) is 0 Å². The van der Waals surface area contributed by atoms with Crippen molar-refractivity contribution in [1.82, 2.24) is 20.4 Å². The lowest BCUT2D eigenvalue weighted by Gasteiger charge is -2.33. The number of rotatable bonds is 5. The van der Waals surface area contributed by atoms with Gasteiger partial charge in [-0.3, -0.25) is 9.69 Å². The standard InChI is InChI=1S/C18H22N4O3/c1-12-20-21-18(25-12)14-4-2-3-13(9-14)17(23)19-10-16-11-22(7-8-24-16)15-5-6-15/h2-4,9,15-16H,5-8,10-11H2,1H3,(H,19,23). The minimum absolute atomic E-state index is 0.0556. The quantitative estimate of drug-likeness (QED) is 0.890. The van der Waals surface area contributed by atoms with Crippen molar-refractivity contribution >= 4 is 5.91 Å². The number of aryl methyl sites for hydroxylation is 1. The summed E-state index contributed by atoms with van der Waals surface area (Å²) < 4.78 is 11.2. The molecule has 1 N–H and O–H groups in total. The molecular formula is C18H22N4O3. The summed E-state index contributed by atoms with van der Waals surface area (Å²) in [4.78, 5) is 14.9. The van der Waals surface area contributed by atoms with Crippen LogP contribution in [0.4, 0.5) is 0 Å². The molecule has 1 aliphatic heterocycles. The Morgan fingerprint density at radius 2 is 2.24 bits per heavy atom. The molecule has 2 heterocycles. The lowest BCUT2D eigenvalue weighted by Crippen LogP contribution is -2.48. The number of nitrogens with one attached hydrogen (secondary N) is 1. The van der Waals surface area contributed by atoms with E-state index in [4.69, 9.17) is 9.15 Å². The van der Waals surface area contributed by atoms with Gasteiger partial charge in [-0.15, -0.1) is 10.2 Å². The highest BCUT2D eigenvalue weighted by Gasteiger charge is 2.33. The van der Waals surface area contributed by atoms with Gasteiger partial charge >= 0.3 is 0 Å². The Labute approximate surface area is 146 Å². The maximum atomic E-state index is 12.5. The SMILES string of the molecule is Cc1nnc(-c2cccc(C(=O)NCC3CN(C4CC4)CCO3)c2)o1. The largest absolute Gasteiger partial charge is 0.421 e. The number of carbonyl (C=O) groups excluding carboxylic acids is 1. The summed E-state index contributed by atoms with van der Waals surface area (Å²) in [5.41, 5.74) is 1.31. The molecule has 2 fully saturated rings. The molecule has 1 aliphatic carbocycles. The highest BCUT2D eigenvalue weighted by atomic mass is 16.5. The lowest BCUT2D eigenvalue weighted by atomic mass is 10.1. The van der Waals surface area contributed by atoms with Crippen LogP contribution in [0, 0.1) is 6.92 Å². The summed E-state index contributed by atoms with van der Waals surface area (Å²) in [5, 5.41) is 10.8. The zero-order valence-corrected chi connectivity index (χ0v) is 14.3. The van der Waals surface area contributed by atoms with Crippen LogP contribution in [0.15, 0.2) is 28.7 Å². The fourth-order valence-electron chi connectivity index (χ4n) is 3.15. The monoisotopic (exact) mass is 342 g/mol. The molecular weight excluding hydrogens is 320 g/mol. The van der Waals surface area contributed by atoms with E-state index in [9.17, 15) is 4.79 Å². The van der Waals surface area contributed by atoms with Gasteiger partial charge in [0.25, 0.3) is 5.91 Å². The second-order valence-electron chi connectivity index (χ2n) is 6.64. The van der Waals surface area contributed by atoms with Gasteiger partial charge in [0, 0.05) is 43.7 Å². The zero-order valence-electron chi connectivity index (χ0n) is 14.3. The van der Waals surface area contributed by atoms with Crippen LogP contribution in [-0.2, 0) is 4.74 Å². The number of amides is 1. The molecule has 4 rings (SSSR count). The molecule has 7 heteroatoms. The Bertz CT molecular complexity index is 756. The third-order valence-electron chi connectivity index (χ3n) is 4.62. The number of carbonyl (C=O) groups is 1. The first-order valence-electron chi connectivity index (χ1n) is 8.73. The van der Waals surface area contributed by atoms with Gasteiger partial charge in [0.15, 0.2) is 0 Å². The van der Waals surface area contributed by atoms with Gasteiger partial charge < -0.3 is 14.5 Å². The molecule has 1 saturated carbocycles. The normalized spacial score (nSPS) is 21.2. The van der Waals surface area contributed by atoms with Crippen LogP contribution in [0.1, 0.15) is 29.1 Å². The van der Waals surface area contributed by atoms with Crippen molar-refractivity contribution in [3.05, 3.63) is 35.7 Å². The van der Waals surface area contributed by atoms with Crippen LogP contribution in [0.5, 0.6) is 0 Å². The summed E-state index contributed by atoms with van der Waals surface area (Å²) in [6, 6.07) is 7.94. The zero-order chi connectivity index (χ0) is 17.2. The summed E-state index contributed by atoms with van der Waals surface area (Å²) in [7, 11) is 0. The molecule has 1 amide bonds. The Hall–Kier alpha value is -2.25. The number of hydrogen-bond donors (Lipinski definition) is 1. The van der Waals surface area contributed by atoms with Gasteiger partial charge in [-0.05, 0) is 31.0 Å². The molecule has 7 nitrogen and oxygen atoms in total. The van der Waals surface area contributed by atoms with Crippen LogP contribution < -0.4 is 5.32 Å². The van der Waals surface area contributed by atoms with Crippen molar-refractivity contribution in [2.24, 2.45) is 0 Å². The van der Waals surface area contributed by atoms with Crippen molar-refractivity contribution in [2.75, 3.05) is 26.2 Å². The maximum Gasteiger partial charge on any atom is 0.251 e. The fourth-order valence-corrected chi connectivity index (χ4v) is 3.15. The molecule has 1 unspecified atom stereocenters. The first-order chi connectivity index (χ1) is 12.2. The number of hydrogen-bond acceptors (Lipinski definition) is 6. The van der Waals surface area contributed by atoms with Gasteiger partial charge in [0.05, 0.1) is 12.7 Å². The van der Waals surface area contributed by atoms with Gasteiger partial charge in [0.1, 0.15) is 0 Å². The van der Waals surface area contributed by atoms with E-state index in [0.29, 0.717) is 23.9 Å². The van der Waals surface area contributed by atoms with Gasteiger partial charge in [-0.1, -0.05) is 6.07 Å². The van der Waals surface area contributed by atoms with Crippen LogP contribution in [0.2, 0.25) is 0 Å². The minimum atomic E-state index is -0.120. The molecule has 1 aromatic heterocycles. The van der Waals surface area contributed by atoms with Crippen LogP contribution >= 0.6 is 0 Å². The van der Waals surface area contributed by atoms with Crippen molar-refractivity contribution < 1.29 is 13.9 Å². The average molecular weight is 342 g/mol. The second-order valence-corrected chi connectivity index (χ2v) is 6.64. The molecule has 132 valence electrons. The number of morpholine rings is 1. The number of nitrogens with zero attached hydrogens (tertiary/aromatic N) is 3. The van der Waals surface area contributed by atoms with Crippen molar-refractivity contribution in [2.45, 2.75) is 31.9 Å². The third-order valence-corrected chi connectivity index (χ3v) is 4.62. The summed E-state index contributed by atoms with van der Waals surface area (Å²) in [5.74, 6) is 0.799. The van der Waals surface area contributed by atoms with E-state index in [-0.39, 0.29) is 12.0 Å².